The maximum atomic E-state index is 13.0. The molecule has 18 heavy (non-hydrogen) atoms. The zero-order valence-electron chi connectivity index (χ0n) is 10.7. The Labute approximate surface area is 106 Å². The van der Waals surface area contributed by atoms with Crippen LogP contribution in [0.2, 0.25) is 0 Å². The van der Waals surface area contributed by atoms with E-state index < -0.39 is 0 Å². The van der Waals surface area contributed by atoms with Crippen LogP contribution in [-0.2, 0) is 6.54 Å². The molecule has 100 valence electrons. The predicted octanol–water partition coefficient (Wildman–Crippen LogP) is 1.70. The van der Waals surface area contributed by atoms with Crippen LogP contribution >= 0.6 is 0 Å². The molecule has 1 aromatic carbocycles. The number of rotatable bonds is 5. The van der Waals surface area contributed by atoms with Crippen LogP contribution in [0.3, 0.4) is 0 Å². The fraction of sp³-hybridized carbons (Fsp3) is 0.462. The van der Waals surface area contributed by atoms with Gasteiger partial charge in [-0.25, -0.2) is 9.18 Å². The highest BCUT2D eigenvalue weighted by atomic mass is 19.1. The van der Waals surface area contributed by atoms with Gasteiger partial charge in [-0.2, -0.15) is 0 Å². The van der Waals surface area contributed by atoms with Gasteiger partial charge in [0.25, 0.3) is 0 Å². The highest BCUT2D eigenvalue weighted by Crippen LogP contribution is 2.08. The Bertz CT molecular complexity index is 406. The van der Waals surface area contributed by atoms with Gasteiger partial charge in [-0.05, 0) is 30.5 Å². The van der Waals surface area contributed by atoms with E-state index in [1.807, 2.05) is 6.92 Å². The molecule has 0 spiro atoms. The quantitative estimate of drug-likeness (QED) is 0.749. The maximum absolute atomic E-state index is 13.0. The van der Waals surface area contributed by atoms with Crippen molar-refractivity contribution in [3.05, 3.63) is 35.1 Å². The molecule has 3 N–H and O–H groups in total. The minimum absolute atomic E-state index is 0.0838. The number of hydrogen-bond donors (Lipinski definition) is 3. The van der Waals surface area contributed by atoms with Gasteiger partial charge >= 0.3 is 6.03 Å². The molecule has 1 unspecified atom stereocenters. The number of hydrogen-bond acceptors (Lipinski definition) is 2. The van der Waals surface area contributed by atoms with Crippen LogP contribution in [0.5, 0.6) is 0 Å². The van der Waals surface area contributed by atoms with Crippen molar-refractivity contribution < 1.29 is 14.3 Å². The summed E-state index contributed by atoms with van der Waals surface area (Å²) in [6.45, 7) is 3.80. The third-order valence-electron chi connectivity index (χ3n) is 2.72. The summed E-state index contributed by atoms with van der Waals surface area (Å²) in [5.41, 5.74) is 1.39. The third-order valence-corrected chi connectivity index (χ3v) is 2.72. The van der Waals surface area contributed by atoms with Crippen molar-refractivity contribution >= 4 is 6.03 Å². The van der Waals surface area contributed by atoms with Crippen molar-refractivity contribution in [1.82, 2.24) is 10.6 Å². The van der Waals surface area contributed by atoms with Gasteiger partial charge in [0.2, 0.25) is 0 Å². The Kier molecular flexibility index (Phi) is 5.58. The second-order valence-electron chi connectivity index (χ2n) is 4.20. The summed E-state index contributed by atoms with van der Waals surface area (Å²) in [5.74, 6) is -0.255. The van der Waals surface area contributed by atoms with Crippen LogP contribution in [0, 0.1) is 12.7 Å². The van der Waals surface area contributed by atoms with Crippen molar-refractivity contribution in [3.63, 3.8) is 0 Å². The molecule has 4 nitrogen and oxygen atoms in total. The van der Waals surface area contributed by atoms with E-state index in [4.69, 9.17) is 5.11 Å². The summed E-state index contributed by atoms with van der Waals surface area (Å²) >= 11 is 0. The van der Waals surface area contributed by atoms with Crippen LogP contribution < -0.4 is 10.6 Å². The first-order valence-corrected chi connectivity index (χ1v) is 5.97. The molecule has 1 aromatic rings. The fourth-order valence-electron chi connectivity index (χ4n) is 1.51. The SMILES string of the molecule is CCC(CO)NC(=O)NCc1ccc(F)c(C)c1. The average molecular weight is 254 g/mol. The predicted molar refractivity (Wildman–Crippen MR) is 67.7 cm³/mol. The Morgan fingerprint density at radius 2 is 2.22 bits per heavy atom. The minimum atomic E-state index is -0.335. The van der Waals surface area contributed by atoms with Crippen molar-refractivity contribution in [2.75, 3.05) is 6.61 Å². The normalized spacial score (nSPS) is 12.0. The Balaban J connectivity index is 2.44. The summed E-state index contributed by atoms with van der Waals surface area (Å²) in [4.78, 5) is 11.5. The highest BCUT2D eigenvalue weighted by molar-refractivity contribution is 5.74. The molecule has 0 aliphatic heterocycles. The molecule has 0 radical (unpaired) electrons. The van der Waals surface area contributed by atoms with Crippen molar-refractivity contribution in [1.29, 1.82) is 0 Å². The average Bonchev–Trinajstić information content (AvgIpc) is 2.37. The number of nitrogens with one attached hydrogen (secondary N) is 2. The Morgan fingerprint density at radius 3 is 2.78 bits per heavy atom. The van der Waals surface area contributed by atoms with Gasteiger partial charge in [0.15, 0.2) is 0 Å². The first-order chi connectivity index (χ1) is 8.56. The third kappa shape index (κ3) is 4.33. The van der Waals surface area contributed by atoms with Crippen LogP contribution in [-0.4, -0.2) is 23.8 Å². The maximum Gasteiger partial charge on any atom is 0.315 e. The van der Waals surface area contributed by atoms with E-state index >= 15 is 0 Å². The van der Waals surface area contributed by atoms with Gasteiger partial charge in [-0.1, -0.05) is 19.1 Å². The largest absolute Gasteiger partial charge is 0.394 e. The van der Waals surface area contributed by atoms with Crippen LogP contribution in [0.25, 0.3) is 0 Å². The molecule has 5 heteroatoms. The molecule has 0 fully saturated rings. The van der Waals surface area contributed by atoms with Gasteiger partial charge < -0.3 is 15.7 Å². The van der Waals surface area contributed by atoms with Crippen LogP contribution in [0.15, 0.2) is 18.2 Å². The Morgan fingerprint density at radius 1 is 1.50 bits per heavy atom. The molecule has 0 aliphatic carbocycles. The molecule has 1 atom stereocenters. The molecular weight excluding hydrogens is 235 g/mol. The number of amides is 2. The number of aliphatic hydroxyl groups is 1. The zero-order chi connectivity index (χ0) is 13.5. The summed E-state index contributed by atoms with van der Waals surface area (Å²) in [6.07, 6.45) is 0.666. The molecule has 0 aromatic heterocycles. The van der Waals surface area contributed by atoms with Gasteiger partial charge in [0.05, 0.1) is 12.6 Å². The van der Waals surface area contributed by atoms with E-state index in [0.717, 1.165) is 5.56 Å². The lowest BCUT2D eigenvalue weighted by atomic mass is 10.1. The number of carbonyl (C=O) groups excluding carboxylic acids is 1. The molecule has 1 rings (SSSR count). The fourth-order valence-corrected chi connectivity index (χ4v) is 1.51. The number of aryl methyl sites for hydroxylation is 1. The van der Waals surface area contributed by atoms with E-state index in [2.05, 4.69) is 10.6 Å². The second-order valence-corrected chi connectivity index (χ2v) is 4.20. The molecule has 0 aliphatic rings. The van der Waals surface area contributed by atoms with Crippen LogP contribution in [0.1, 0.15) is 24.5 Å². The van der Waals surface area contributed by atoms with Gasteiger partial charge in [0, 0.05) is 6.54 Å². The van der Waals surface area contributed by atoms with Crippen molar-refractivity contribution in [2.24, 2.45) is 0 Å². The number of carbonyl (C=O) groups is 1. The molecular formula is C13H19FN2O2. The van der Waals surface area contributed by atoms with Gasteiger partial charge in [-0.15, -0.1) is 0 Å². The summed E-state index contributed by atoms with van der Waals surface area (Å²) in [7, 11) is 0. The smallest absolute Gasteiger partial charge is 0.315 e. The van der Waals surface area contributed by atoms with E-state index in [1.165, 1.54) is 6.07 Å². The lowest BCUT2D eigenvalue weighted by molar-refractivity contribution is 0.214. The summed E-state index contributed by atoms with van der Waals surface area (Å²) < 4.78 is 13.0. The highest BCUT2D eigenvalue weighted by Gasteiger charge is 2.08. The standard InChI is InChI=1S/C13H19FN2O2/c1-3-11(8-17)16-13(18)15-7-10-4-5-12(14)9(2)6-10/h4-6,11,17H,3,7-8H2,1-2H3,(H2,15,16,18). The molecule has 2 amide bonds. The van der Waals surface area contributed by atoms with E-state index in [1.54, 1.807) is 19.1 Å². The van der Waals surface area contributed by atoms with E-state index in [-0.39, 0.29) is 24.5 Å². The second kappa shape index (κ2) is 6.96. The number of aliphatic hydroxyl groups excluding tert-OH is 1. The number of halogens is 1. The van der Waals surface area contributed by atoms with E-state index in [9.17, 15) is 9.18 Å². The molecule has 0 saturated heterocycles. The zero-order valence-corrected chi connectivity index (χ0v) is 10.7. The van der Waals surface area contributed by atoms with Gasteiger partial charge in [0.1, 0.15) is 5.82 Å². The molecule has 0 saturated carbocycles. The lowest BCUT2D eigenvalue weighted by Crippen LogP contribution is -2.43. The first kappa shape index (κ1) is 14.4. The lowest BCUT2D eigenvalue weighted by Gasteiger charge is -2.14. The first-order valence-electron chi connectivity index (χ1n) is 5.97. The molecule has 0 bridgehead atoms. The van der Waals surface area contributed by atoms with Crippen molar-refractivity contribution in [2.45, 2.75) is 32.9 Å². The Hall–Kier alpha value is -1.62. The number of benzene rings is 1. The van der Waals surface area contributed by atoms with Crippen LogP contribution in [0.4, 0.5) is 9.18 Å². The summed E-state index contributed by atoms with van der Waals surface area (Å²) in [5, 5.41) is 14.2. The number of urea groups is 1. The summed E-state index contributed by atoms with van der Waals surface area (Å²) in [6, 6.07) is 4.13. The molecule has 0 heterocycles. The monoisotopic (exact) mass is 254 g/mol. The van der Waals surface area contributed by atoms with Gasteiger partial charge in [-0.3, -0.25) is 0 Å². The van der Waals surface area contributed by atoms with Crippen molar-refractivity contribution in [3.8, 4) is 0 Å². The van der Waals surface area contributed by atoms with E-state index in [0.29, 0.717) is 18.5 Å². The topological polar surface area (TPSA) is 61.4 Å². The minimum Gasteiger partial charge on any atom is -0.394 e.